The maximum absolute atomic E-state index is 12.5. The minimum Gasteiger partial charge on any atom is -0.326 e. The monoisotopic (exact) mass is 363 g/mol. The third-order valence-electron chi connectivity index (χ3n) is 5.44. The van der Waals surface area contributed by atoms with Gasteiger partial charge in [-0.05, 0) is 66.8 Å². The Morgan fingerprint density at radius 2 is 1.74 bits per heavy atom. The molecule has 0 radical (unpaired) electrons. The summed E-state index contributed by atoms with van der Waals surface area (Å²) in [5.74, 6) is 0.280. The molecule has 0 saturated carbocycles. The Morgan fingerprint density at radius 1 is 1.00 bits per heavy atom. The summed E-state index contributed by atoms with van der Waals surface area (Å²) in [7, 11) is 0. The first-order valence-corrected chi connectivity index (χ1v) is 10.00. The fraction of sp³-hybridized carbons (Fsp3) is 0.417. The van der Waals surface area contributed by atoms with Crippen LogP contribution in [0.5, 0.6) is 0 Å². The molecule has 0 saturated heterocycles. The molecule has 3 heteroatoms. The lowest BCUT2D eigenvalue weighted by atomic mass is 9.89. The van der Waals surface area contributed by atoms with Crippen molar-refractivity contribution in [2.24, 2.45) is 0 Å². The highest BCUT2D eigenvalue weighted by atomic mass is 16.2. The zero-order valence-electron chi connectivity index (χ0n) is 16.6. The van der Waals surface area contributed by atoms with Crippen LogP contribution in [0.15, 0.2) is 36.4 Å². The number of nitrogens with one attached hydrogen (secondary N) is 1. The average molecular weight is 364 g/mol. The van der Waals surface area contributed by atoms with Crippen molar-refractivity contribution in [3.63, 3.8) is 0 Å². The first kappa shape index (κ1) is 19.3. The van der Waals surface area contributed by atoms with Gasteiger partial charge in [-0.2, -0.15) is 0 Å². The van der Waals surface area contributed by atoms with Crippen LogP contribution in [-0.4, -0.2) is 11.7 Å². The summed E-state index contributed by atoms with van der Waals surface area (Å²) in [4.78, 5) is 25.0. The molecule has 27 heavy (non-hydrogen) atoms. The number of rotatable bonds is 6. The van der Waals surface area contributed by atoms with Gasteiger partial charge < -0.3 is 5.32 Å². The molecule has 2 aromatic rings. The van der Waals surface area contributed by atoms with E-state index in [1.54, 1.807) is 0 Å². The van der Waals surface area contributed by atoms with Crippen LogP contribution >= 0.6 is 0 Å². The van der Waals surface area contributed by atoms with Crippen LogP contribution in [-0.2, 0) is 17.6 Å². The zero-order valence-corrected chi connectivity index (χ0v) is 16.6. The standard InChI is InChI=1S/C24H29NO2/c1-16(2)21-10-6-7-17(3)24(21)25-23(27)14-13-22(26)20-12-11-18-8-4-5-9-19(18)15-20/h6-7,10-12,15-16H,4-5,8-9,13-14H2,1-3H3,(H,25,27). The van der Waals surface area contributed by atoms with Gasteiger partial charge >= 0.3 is 0 Å². The van der Waals surface area contributed by atoms with Crippen LogP contribution in [0.2, 0.25) is 0 Å². The molecule has 0 atom stereocenters. The van der Waals surface area contributed by atoms with Gasteiger partial charge in [0.15, 0.2) is 5.78 Å². The molecule has 0 fully saturated rings. The largest absolute Gasteiger partial charge is 0.326 e. The molecule has 142 valence electrons. The maximum Gasteiger partial charge on any atom is 0.224 e. The van der Waals surface area contributed by atoms with Gasteiger partial charge in [0.05, 0.1) is 0 Å². The Labute approximate surface area is 162 Å². The summed E-state index contributed by atoms with van der Waals surface area (Å²) in [6.45, 7) is 6.23. The number of carbonyl (C=O) groups is 2. The number of Topliss-reactive ketones (excluding diaryl/α,β-unsaturated/α-hetero) is 1. The third-order valence-corrected chi connectivity index (χ3v) is 5.44. The molecule has 1 aliphatic carbocycles. The molecular formula is C24H29NO2. The van der Waals surface area contributed by atoms with Crippen molar-refractivity contribution in [2.45, 2.75) is 65.2 Å². The van der Waals surface area contributed by atoms with Gasteiger partial charge in [-0.1, -0.05) is 44.2 Å². The van der Waals surface area contributed by atoms with Gasteiger partial charge in [0, 0.05) is 24.1 Å². The van der Waals surface area contributed by atoms with Gasteiger partial charge in [0.25, 0.3) is 0 Å². The number of aryl methyl sites for hydroxylation is 3. The molecule has 1 N–H and O–H groups in total. The molecule has 0 bridgehead atoms. The number of ketones is 1. The number of hydrogen-bond acceptors (Lipinski definition) is 2. The predicted octanol–water partition coefficient (Wildman–Crippen LogP) is 5.60. The van der Waals surface area contributed by atoms with E-state index in [1.165, 1.54) is 24.0 Å². The van der Waals surface area contributed by atoms with Crippen molar-refractivity contribution in [2.75, 3.05) is 5.32 Å². The van der Waals surface area contributed by atoms with Gasteiger partial charge in [0.2, 0.25) is 5.91 Å². The van der Waals surface area contributed by atoms with Crippen LogP contribution in [0.4, 0.5) is 5.69 Å². The maximum atomic E-state index is 12.5. The number of benzene rings is 2. The van der Waals surface area contributed by atoms with E-state index >= 15 is 0 Å². The Balaban J connectivity index is 1.62. The second-order valence-electron chi connectivity index (χ2n) is 7.86. The summed E-state index contributed by atoms with van der Waals surface area (Å²) < 4.78 is 0. The molecule has 2 aromatic carbocycles. The molecule has 0 spiro atoms. The number of carbonyl (C=O) groups excluding carboxylic acids is 2. The molecule has 0 aromatic heterocycles. The quantitative estimate of drug-likeness (QED) is 0.679. The lowest BCUT2D eigenvalue weighted by Gasteiger charge is -2.17. The lowest BCUT2D eigenvalue weighted by molar-refractivity contribution is -0.116. The smallest absolute Gasteiger partial charge is 0.224 e. The van der Waals surface area contributed by atoms with E-state index in [9.17, 15) is 9.59 Å². The normalized spacial score (nSPS) is 13.3. The van der Waals surface area contributed by atoms with Gasteiger partial charge in [-0.25, -0.2) is 0 Å². The molecule has 0 heterocycles. The highest BCUT2D eigenvalue weighted by molar-refractivity contribution is 6.00. The summed E-state index contributed by atoms with van der Waals surface area (Å²) in [5.41, 5.74) is 6.48. The Morgan fingerprint density at radius 3 is 2.48 bits per heavy atom. The minimum absolute atomic E-state index is 0.0485. The minimum atomic E-state index is -0.0995. The van der Waals surface area contributed by atoms with Crippen LogP contribution < -0.4 is 5.32 Å². The van der Waals surface area contributed by atoms with Gasteiger partial charge in [-0.3, -0.25) is 9.59 Å². The number of hydrogen-bond donors (Lipinski definition) is 1. The number of amides is 1. The van der Waals surface area contributed by atoms with Crippen molar-refractivity contribution in [3.05, 3.63) is 64.2 Å². The lowest BCUT2D eigenvalue weighted by Crippen LogP contribution is -2.16. The Hall–Kier alpha value is -2.42. The van der Waals surface area contributed by atoms with Crippen LogP contribution in [0.3, 0.4) is 0 Å². The van der Waals surface area contributed by atoms with E-state index in [0.717, 1.165) is 35.2 Å². The Bertz CT molecular complexity index is 851. The SMILES string of the molecule is Cc1cccc(C(C)C)c1NC(=O)CCC(=O)c1ccc2c(c1)CCCC2. The van der Waals surface area contributed by atoms with E-state index in [2.05, 4.69) is 25.2 Å². The average Bonchev–Trinajstić information content (AvgIpc) is 2.67. The second-order valence-corrected chi connectivity index (χ2v) is 7.86. The molecule has 3 nitrogen and oxygen atoms in total. The zero-order chi connectivity index (χ0) is 19.4. The highest BCUT2D eigenvalue weighted by Gasteiger charge is 2.16. The summed E-state index contributed by atoms with van der Waals surface area (Å²) in [6.07, 6.45) is 5.05. The van der Waals surface area contributed by atoms with Crippen molar-refractivity contribution >= 4 is 17.4 Å². The first-order valence-electron chi connectivity index (χ1n) is 10.00. The number of para-hydroxylation sites is 1. The summed E-state index contributed by atoms with van der Waals surface area (Å²) in [5, 5.41) is 3.03. The Kier molecular flexibility index (Phi) is 6.10. The van der Waals surface area contributed by atoms with Crippen molar-refractivity contribution in [1.82, 2.24) is 0 Å². The van der Waals surface area contributed by atoms with Gasteiger partial charge in [0.1, 0.15) is 0 Å². The van der Waals surface area contributed by atoms with Crippen molar-refractivity contribution < 1.29 is 9.59 Å². The molecule has 1 aliphatic rings. The van der Waals surface area contributed by atoms with E-state index < -0.39 is 0 Å². The summed E-state index contributed by atoms with van der Waals surface area (Å²) >= 11 is 0. The molecule has 0 unspecified atom stereocenters. The fourth-order valence-electron chi connectivity index (χ4n) is 3.82. The molecular weight excluding hydrogens is 334 g/mol. The highest BCUT2D eigenvalue weighted by Crippen LogP contribution is 2.28. The number of fused-ring (bicyclic) bond motifs is 1. The van der Waals surface area contributed by atoms with Crippen molar-refractivity contribution in [3.8, 4) is 0 Å². The van der Waals surface area contributed by atoms with E-state index in [-0.39, 0.29) is 24.5 Å². The molecule has 0 aliphatic heterocycles. The third kappa shape index (κ3) is 4.65. The van der Waals surface area contributed by atoms with Crippen LogP contribution in [0.25, 0.3) is 0 Å². The van der Waals surface area contributed by atoms with Gasteiger partial charge in [-0.15, -0.1) is 0 Å². The first-order chi connectivity index (χ1) is 13.0. The fourth-order valence-corrected chi connectivity index (χ4v) is 3.82. The van der Waals surface area contributed by atoms with E-state index in [1.807, 2.05) is 37.3 Å². The number of anilines is 1. The van der Waals surface area contributed by atoms with Crippen LogP contribution in [0.1, 0.15) is 78.1 Å². The topological polar surface area (TPSA) is 46.2 Å². The van der Waals surface area contributed by atoms with Crippen LogP contribution in [0, 0.1) is 6.92 Å². The summed E-state index contributed by atoms with van der Waals surface area (Å²) in [6, 6.07) is 12.1. The van der Waals surface area contributed by atoms with Crippen molar-refractivity contribution in [1.29, 1.82) is 0 Å². The van der Waals surface area contributed by atoms with E-state index in [0.29, 0.717) is 5.92 Å². The molecule has 3 rings (SSSR count). The second kappa shape index (κ2) is 8.51. The predicted molar refractivity (Wildman–Crippen MR) is 111 cm³/mol. The molecule has 1 amide bonds. The van der Waals surface area contributed by atoms with E-state index in [4.69, 9.17) is 0 Å².